The molecule has 0 amide bonds. The standard InChI is InChI=1S/C14H14FNO/c15-13-5-1-4-12-11(13)6-7-14(12)16-9-10-3-2-8-17-10/h1-5,8,14,16H,6-7,9H2. The Labute approximate surface area is 99.5 Å². The molecule has 3 heteroatoms. The Hall–Kier alpha value is -1.61. The van der Waals surface area contributed by atoms with Gasteiger partial charge in [-0.15, -0.1) is 0 Å². The molecule has 3 rings (SSSR count). The van der Waals surface area contributed by atoms with Gasteiger partial charge < -0.3 is 9.73 Å². The van der Waals surface area contributed by atoms with Crippen LogP contribution in [-0.4, -0.2) is 0 Å². The van der Waals surface area contributed by atoms with Gasteiger partial charge in [0.1, 0.15) is 11.6 Å². The molecule has 0 spiro atoms. The molecule has 2 nitrogen and oxygen atoms in total. The minimum absolute atomic E-state index is 0.0789. The van der Waals surface area contributed by atoms with Gasteiger partial charge in [0.2, 0.25) is 0 Å². The summed E-state index contributed by atoms with van der Waals surface area (Å²) >= 11 is 0. The van der Waals surface area contributed by atoms with E-state index in [1.54, 1.807) is 12.3 Å². The third-order valence-electron chi connectivity index (χ3n) is 3.32. The normalized spacial score (nSPS) is 18.3. The summed E-state index contributed by atoms with van der Waals surface area (Å²) in [7, 11) is 0. The maximum Gasteiger partial charge on any atom is 0.126 e. The van der Waals surface area contributed by atoms with Crippen LogP contribution in [0.4, 0.5) is 4.39 Å². The number of hydrogen-bond donors (Lipinski definition) is 1. The summed E-state index contributed by atoms with van der Waals surface area (Å²) in [6.07, 6.45) is 3.44. The van der Waals surface area contributed by atoms with Crippen LogP contribution in [0.3, 0.4) is 0 Å². The van der Waals surface area contributed by atoms with Crippen LogP contribution in [0, 0.1) is 5.82 Å². The average Bonchev–Trinajstić information content (AvgIpc) is 2.95. The van der Waals surface area contributed by atoms with Gasteiger partial charge in [-0.25, -0.2) is 4.39 Å². The number of hydrogen-bond acceptors (Lipinski definition) is 2. The van der Waals surface area contributed by atoms with E-state index in [9.17, 15) is 4.39 Å². The van der Waals surface area contributed by atoms with Gasteiger partial charge in [-0.05, 0) is 42.2 Å². The van der Waals surface area contributed by atoms with E-state index in [1.165, 1.54) is 6.07 Å². The Balaban J connectivity index is 1.73. The van der Waals surface area contributed by atoms with E-state index in [-0.39, 0.29) is 11.9 Å². The fourth-order valence-electron chi connectivity index (χ4n) is 2.46. The second kappa shape index (κ2) is 4.34. The minimum Gasteiger partial charge on any atom is -0.468 e. The molecule has 1 unspecified atom stereocenters. The summed E-state index contributed by atoms with van der Waals surface area (Å²) < 4.78 is 18.8. The fourth-order valence-corrected chi connectivity index (χ4v) is 2.46. The van der Waals surface area contributed by atoms with E-state index in [0.29, 0.717) is 6.54 Å². The first-order chi connectivity index (χ1) is 8.34. The molecule has 0 saturated carbocycles. The van der Waals surface area contributed by atoms with Gasteiger partial charge in [0, 0.05) is 6.04 Å². The molecule has 0 fully saturated rings. The lowest BCUT2D eigenvalue weighted by Gasteiger charge is -2.12. The molecule has 17 heavy (non-hydrogen) atoms. The summed E-state index contributed by atoms with van der Waals surface area (Å²) in [5.74, 6) is 0.833. The van der Waals surface area contributed by atoms with Crippen LogP contribution < -0.4 is 5.32 Å². The van der Waals surface area contributed by atoms with Crippen LogP contribution in [0.1, 0.15) is 29.3 Å². The molecule has 0 saturated heterocycles. The molecule has 1 aliphatic rings. The Bertz CT molecular complexity index is 507. The highest BCUT2D eigenvalue weighted by atomic mass is 19.1. The Kier molecular flexibility index (Phi) is 2.69. The van der Waals surface area contributed by atoms with Crippen molar-refractivity contribution in [3.8, 4) is 0 Å². The van der Waals surface area contributed by atoms with Crippen molar-refractivity contribution in [2.45, 2.75) is 25.4 Å². The zero-order chi connectivity index (χ0) is 11.7. The van der Waals surface area contributed by atoms with E-state index >= 15 is 0 Å². The van der Waals surface area contributed by atoms with Gasteiger partial charge in [-0.2, -0.15) is 0 Å². The van der Waals surface area contributed by atoms with E-state index in [2.05, 4.69) is 5.32 Å². The zero-order valence-corrected chi connectivity index (χ0v) is 9.45. The van der Waals surface area contributed by atoms with Crippen LogP contribution in [0.5, 0.6) is 0 Å². The maximum absolute atomic E-state index is 13.5. The predicted octanol–water partition coefficient (Wildman–Crippen LogP) is 3.20. The van der Waals surface area contributed by atoms with Crippen LogP contribution in [-0.2, 0) is 13.0 Å². The lowest BCUT2D eigenvalue weighted by Crippen LogP contribution is -2.18. The monoisotopic (exact) mass is 231 g/mol. The van der Waals surface area contributed by atoms with Crippen molar-refractivity contribution < 1.29 is 8.81 Å². The number of benzene rings is 1. The summed E-state index contributed by atoms with van der Waals surface area (Å²) in [5, 5.41) is 3.41. The van der Waals surface area contributed by atoms with Crippen LogP contribution in [0.25, 0.3) is 0 Å². The highest BCUT2D eigenvalue weighted by Gasteiger charge is 2.24. The van der Waals surface area contributed by atoms with Gasteiger partial charge in [-0.1, -0.05) is 12.1 Å². The van der Waals surface area contributed by atoms with Crippen molar-refractivity contribution in [3.05, 3.63) is 59.3 Å². The highest BCUT2D eigenvalue weighted by molar-refractivity contribution is 5.35. The molecule has 1 aliphatic carbocycles. The molecule has 0 aliphatic heterocycles. The SMILES string of the molecule is Fc1cccc2c1CCC2NCc1ccco1. The van der Waals surface area contributed by atoms with Crippen molar-refractivity contribution in [1.29, 1.82) is 0 Å². The highest BCUT2D eigenvalue weighted by Crippen LogP contribution is 2.32. The third-order valence-corrected chi connectivity index (χ3v) is 3.32. The smallest absolute Gasteiger partial charge is 0.126 e. The molecular weight excluding hydrogens is 217 g/mol. The molecule has 1 heterocycles. The summed E-state index contributed by atoms with van der Waals surface area (Å²) in [6, 6.07) is 9.37. The lowest BCUT2D eigenvalue weighted by atomic mass is 10.1. The first-order valence-corrected chi connectivity index (χ1v) is 5.87. The topological polar surface area (TPSA) is 25.2 Å². The van der Waals surface area contributed by atoms with Gasteiger partial charge in [0.25, 0.3) is 0 Å². The summed E-state index contributed by atoms with van der Waals surface area (Å²) in [5.41, 5.74) is 1.96. The predicted molar refractivity (Wildman–Crippen MR) is 63.0 cm³/mol. The Morgan fingerprint density at radius 3 is 3.06 bits per heavy atom. The van der Waals surface area contributed by atoms with E-state index in [4.69, 9.17) is 4.42 Å². The Morgan fingerprint density at radius 2 is 2.24 bits per heavy atom. The van der Waals surface area contributed by atoms with Crippen LogP contribution >= 0.6 is 0 Å². The first kappa shape index (κ1) is 10.5. The number of nitrogens with one attached hydrogen (secondary N) is 1. The largest absolute Gasteiger partial charge is 0.468 e. The van der Waals surface area contributed by atoms with Crippen molar-refractivity contribution in [2.75, 3.05) is 0 Å². The number of rotatable bonds is 3. The molecular formula is C14H14FNO. The fraction of sp³-hybridized carbons (Fsp3) is 0.286. The van der Waals surface area contributed by atoms with E-state index in [0.717, 1.165) is 29.7 Å². The summed E-state index contributed by atoms with van der Waals surface area (Å²) in [4.78, 5) is 0. The lowest BCUT2D eigenvalue weighted by molar-refractivity contribution is 0.448. The van der Waals surface area contributed by atoms with Crippen LogP contribution in [0.15, 0.2) is 41.0 Å². The van der Waals surface area contributed by atoms with Gasteiger partial charge in [-0.3, -0.25) is 0 Å². The molecule has 0 bridgehead atoms. The quantitative estimate of drug-likeness (QED) is 0.877. The van der Waals surface area contributed by atoms with Crippen molar-refractivity contribution in [2.24, 2.45) is 0 Å². The zero-order valence-electron chi connectivity index (χ0n) is 9.45. The van der Waals surface area contributed by atoms with E-state index < -0.39 is 0 Å². The minimum atomic E-state index is -0.0789. The maximum atomic E-state index is 13.5. The Morgan fingerprint density at radius 1 is 1.29 bits per heavy atom. The molecule has 88 valence electrons. The molecule has 0 radical (unpaired) electrons. The molecule has 1 aromatic heterocycles. The number of halogens is 1. The van der Waals surface area contributed by atoms with Crippen molar-refractivity contribution in [1.82, 2.24) is 5.32 Å². The molecule has 2 aromatic rings. The van der Waals surface area contributed by atoms with E-state index in [1.807, 2.05) is 18.2 Å². The van der Waals surface area contributed by atoms with Gasteiger partial charge in [0.05, 0.1) is 12.8 Å². The number of furan rings is 1. The first-order valence-electron chi connectivity index (χ1n) is 5.87. The number of fused-ring (bicyclic) bond motifs is 1. The second-order valence-electron chi connectivity index (χ2n) is 4.36. The van der Waals surface area contributed by atoms with Gasteiger partial charge >= 0.3 is 0 Å². The van der Waals surface area contributed by atoms with Crippen molar-refractivity contribution in [3.63, 3.8) is 0 Å². The molecule has 1 aromatic carbocycles. The molecule has 1 atom stereocenters. The molecule has 1 N–H and O–H groups in total. The van der Waals surface area contributed by atoms with Crippen molar-refractivity contribution >= 4 is 0 Å². The summed E-state index contributed by atoms with van der Waals surface area (Å²) in [6.45, 7) is 0.688. The van der Waals surface area contributed by atoms with Crippen LogP contribution in [0.2, 0.25) is 0 Å². The average molecular weight is 231 g/mol. The van der Waals surface area contributed by atoms with Gasteiger partial charge in [0.15, 0.2) is 0 Å². The third kappa shape index (κ3) is 1.98. The second-order valence-corrected chi connectivity index (χ2v) is 4.36.